The molecule has 1 aromatic carbocycles. The van der Waals surface area contributed by atoms with Crippen LogP contribution in [0.1, 0.15) is 55.3 Å². The Kier molecular flexibility index (Phi) is 4.38. The molecule has 1 aliphatic carbocycles. The molecule has 6 nitrogen and oxygen atoms in total. The summed E-state index contributed by atoms with van der Waals surface area (Å²) in [4.78, 5) is 4.61. The largest absolute Gasteiger partial charge is 0.310 e. The zero-order valence-corrected chi connectivity index (χ0v) is 17.6. The summed E-state index contributed by atoms with van der Waals surface area (Å²) in [6, 6.07) is 6.46. The topological polar surface area (TPSA) is 60.6 Å². The second-order valence-electron chi connectivity index (χ2n) is 8.79. The Labute approximate surface area is 180 Å². The van der Waals surface area contributed by atoms with Crippen LogP contribution in [0.4, 0.5) is 4.39 Å². The Balaban J connectivity index is 1.35. The second-order valence-corrected chi connectivity index (χ2v) is 8.79. The molecule has 2 aliphatic rings. The number of hydrogen-bond donors (Lipinski definition) is 1. The first kappa shape index (κ1) is 18.7. The van der Waals surface area contributed by atoms with Gasteiger partial charge in [0.15, 0.2) is 0 Å². The average Bonchev–Trinajstić information content (AvgIpc) is 3.36. The summed E-state index contributed by atoms with van der Waals surface area (Å²) >= 11 is 0. The highest BCUT2D eigenvalue weighted by molar-refractivity contribution is 5.84. The Morgan fingerprint density at radius 3 is 2.71 bits per heavy atom. The summed E-state index contributed by atoms with van der Waals surface area (Å²) in [7, 11) is 0. The average molecular weight is 417 g/mol. The highest BCUT2D eigenvalue weighted by Gasteiger charge is 2.25. The fraction of sp³-hybridized carbons (Fsp3) is 0.375. The molecular formula is C24H25FN6. The lowest BCUT2D eigenvalue weighted by Gasteiger charge is -2.24. The van der Waals surface area contributed by atoms with E-state index in [2.05, 4.69) is 26.6 Å². The minimum Gasteiger partial charge on any atom is -0.310 e. The molecular weight excluding hydrogens is 391 g/mol. The molecule has 4 heterocycles. The molecule has 2 fully saturated rings. The van der Waals surface area contributed by atoms with Crippen LogP contribution in [0.2, 0.25) is 0 Å². The molecule has 1 N–H and O–H groups in total. The minimum absolute atomic E-state index is 0.215. The van der Waals surface area contributed by atoms with E-state index >= 15 is 4.39 Å². The van der Waals surface area contributed by atoms with Gasteiger partial charge < -0.3 is 5.32 Å². The van der Waals surface area contributed by atoms with E-state index in [-0.39, 0.29) is 11.9 Å². The van der Waals surface area contributed by atoms with Gasteiger partial charge in [-0.05, 0) is 62.4 Å². The molecule has 1 saturated carbocycles. The van der Waals surface area contributed by atoms with Gasteiger partial charge in [0, 0.05) is 17.0 Å². The van der Waals surface area contributed by atoms with Crippen molar-refractivity contribution in [3.05, 3.63) is 59.9 Å². The summed E-state index contributed by atoms with van der Waals surface area (Å²) in [5.41, 5.74) is 4.95. The van der Waals surface area contributed by atoms with Gasteiger partial charge in [-0.2, -0.15) is 10.2 Å². The number of nitrogens with zero attached hydrogens (tertiary/aromatic N) is 5. The van der Waals surface area contributed by atoms with Crippen LogP contribution in [0, 0.1) is 12.7 Å². The van der Waals surface area contributed by atoms with Gasteiger partial charge in [0.05, 0.1) is 42.0 Å². The number of aryl methyl sites for hydroxylation is 1. The normalized spacial score (nSPS) is 19.2. The van der Waals surface area contributed by atoms with E-state index in [9.17, 15) is 0 Å². The molecule has 0 amide bonds. The number of piperidine rings is 1. The SMILES string of the molecule is Cc1cc(C2CCCCN2)cc(F)c1-c1cc2cnn(-c3cnn(C4CC4)c3)c2cn1. The lowest BCUT2D eigenvalue weighted by molar-refractivity contribution is 0.411. The van der Waals surface area contributed by atoms with Crippen LogP contribution in [0.15, 0.2) is 43.0 Å². The Morgan fingerprint density at radius 2 is 1.94 bits per heavy atom. The summed E-state index contributed by atoms with van der Waals surface area (Å²) in [6.07, 6.45) is 13.2. The second kappa shape index (κ2) is 7.27. The van der Waals surface area contributed by atoms with Crippen molar-refractivity contribution in [1.82, 2.24) is 29.9 Å². The molecule has 1 saturated heterocycles. The Morgan fingerprint density at radius 1 is 1.03 bits per heavy atom. The Bertz CT molecular complexity index is 1240. The van der Waals surface area contributed by atoms with Crippen molar-refractivity contribution in [2.45, 2.75) is 51.1 Å². The fourth-order valence-electron chi connectivity index (χ4n) is 4.68. The first-order valence-electron chi connectivity index (χ1n) is 11.1. The number of nitrogens with one attached hydrogen (secondary N) is 1. The van der Waals surface area contributed by atoms with Crippen LogP contribution < -0.4 is 5.32 Å². The van der Waals surface area contributed by atoms with Crippen LogP contribution in [0.5, 0.6) is 0 Å². The molecule has 6 rings (SSSR count). The number of aromatic nitrogens is 5. The maximum absolute atomic E-state index is 15.2. The third-order valence-electron chi connectivity index (χ3n) is 6.49. The van der Waals surface area contributed by atoms with Crippen molar-refractivity contribution < 1.29 is 4.39 Å². The molecule has 7 heteroatoms. The van der Waals surface area contributed by atoms with Crippen LogP contribution >= 0.6 is 0 Å². The number of benzene rings is 1. The summed E-state index contributed by atoms with van der Waals surface area (Å²) in [5, 5.41) is 13.4. The van der Waals surface area contributed by atoms with Crippen LogP contribution in [0.25, 0.3) is 27.8 Å². The standard InChI is InChI=1S/C24H25FN6/c1-15-8-16(21-4-2-3-7-26-21)9-20(25)24(15)22-10-17-11-29-31(23(17)13-27-22)19-12-28-30(14-19)18-5-6-18/h8-14,18,21,26H,2-7H2,1H3. The van der Waals surface area contributed by atoms with E-state index in [1.807, 2.05) is 40.9 Å². The van der Waals surface area contributed by atoms with Gasteiger partial charge in [-0.25, -0.2) is 9.07 Å². The van der Waals surface area contributed by atoms with Crippen molar-refractivity contribution in [2.75, 3.05) is 6.54 Å². The molecule has 4 aromatic rings. The fourth-order valence-corrected chi connectivity index (χ4v) is 4.68. The van der Waals surface area contributed by atoms with E-state index in [0.29, 0.717) is 17.3 Å². The molecule has 0 radical (unpaired) electrons. The van der Waals surface area contributed by atoms with E-state index in [1.54, 1.807) is 12.3 Å². The molecule has 3 aromatic heterocycles. The predicted octanol–water partition coefficient (Wildman–Crippen LogP) is 4.88. The molecule has 1 unspecified atom stereocenters. The minimum atomic E-state index is -0.215. The van der Waals surface area contributed by atoms with Gasteiger partial charge in [-0.1, -0.05) is 12.5 Å². The third kappa shape index (κ3) is 3.33. The molecule has 1 atom stereocenters. The maximum Gasteiger partial charge on any atom is 0.133 e. The van der Waals surface area contributed by atoms with Gasteiger partial charge in [-0.3, -0.25) is 9.67 Å². The van der Waals surface area contributed by atoms with Gasteiger partial charge in [0.1, 0.15) is 11.5 Å². The molecule has 1 aliphatic heterocycles. The quantitative estimate of drug-likeness (QED) is 0.515. The van der Waals surface area contributed by atoms with Crippen molar-refractivity contribution in [3.8, 4) is 16.9 Å². The lowest BCUT2D eigenvalue weighted by Crippen LogP contribution is -2.26. The lowest BCUT2D eigenvalue weighted by atomic mass is 9.93. The maximum atomic E-state index is 15.2. The third-order valence-corrected chi connectivity index (χ3v) is 6.49. The van der Waals surface area contributed by atoms with Gasteiger partial charge in [0.25, 0.3) is 0 Å². The number of fused-ring (bicyclic) bond motifs is 1. The zero-order chi connectivity index (χ0) is 20.9. The summed E-state index contributed by atoms with van der Waals surface area (Å²) < 4.78 is 19.1. The summed E-state index contributed by atoms with van der Waals surface area (Å²) in [5.74, 6) is -0.215. The van der Waals surface area contributed by atoms with Crippen molar-refractivity contribution in [3.63, 3.8) is 0 Å². The zero-order valence-electron chi connectivity index (χ0n) is 17.6. The van der Waals surface area contributed by atoms with Crippen molar-refractivity contribution >= 4 is 10.9 Å². The molecule has 31 heavy (non-hydrogen) atoms. The first-order valence-corrected chi connectivity index (χ1v) is 11.1. The van der Waals surface area contributed by atoms with Crippen molar-refractivity contribution in [2.24, 2.45) is 0 Å². The van der Waals surface area contributed by atoms with E-state index in [1.165, 1.54) is 25.7 Å². The Hall–Kier alpha value is -3.06. The number of pyridine rings is 1. The monoisotopic (exact) mass is 416 g/mol. The van der Waals surface area contributed by atoms with Crippen LogP contribution in [-0.2, 0) is 0 Å². The summed E-state index contributed by atoms with van der Waals surface area (Å²) in [6.45, 7) is 2.96. The van der Waals surface area contributed by atoms with Gasteiger partial charge in [-0.15, -0.1) is 0 Å². The van der Waals surface area contributed by atoms with Crippen LogP contribution in [-0.4, -0.2) is 31.1 Å². The smallest absolute Gasteiger partial charge is 0.133 e. The number of halogens is 1. The van der Waals surface area contributed by atoms with E-state index in [0.717, 1.165) is 40.7 Å². The first-order chi connectivity index (χ1) is 15.2. The highest BCUT2D eigenvalue weighted by atomic mass is 19.1. The van der Waals surface area contributed by atoms with Gasteiger partial charge in [0.2, 0.25) is 0 Å². The van der Waals surface area contributed by atoms with E-state index in [4.69, 9.17) is 0 Å². The molecule has 0 bridgehead atoms. The predicted molar refractivity (Wildman–Crippen MR) is 118 cm³/mol. The van der Waals surface area contributed by atoms with E-state index < -0.39 is 0 Å². The molecule has 0 spiro atoms. The van der Waals surface area contributed by atoms with Gasteiger partial charge >= 0.3 is 0 Å². The number of hydrogen-bond acceptors (Lipinski definition) is 4. The molecule has 158 valence electrons. The number of rotatable bonds is 4. The van der Waals surface area contributed by atoms with Crippen molar-refractivity contribution in [1.29, 1.82) is 0 Å². The van der Waals surface area contributed by atoms with Crippen LogP contribution in [0.3, 0.4) is 0 Å². The highest BCUT2D eigenvalue weighted by Crippen LogP contribution is 2.35.